The highest BCUT2D eigenvalue weighted by Gasteiger charge is 2.16. The van der Waals surface area contributed by atoms with E-state index in [0.29, 0.717) is 11.6 Å². The second-order valence-corrected chi connectivity index (χ2v) is 6.04. The Kier molecular flexibility index (Phi) is 5.70. The Labute approximate surface area is 129 Å². The van der Waals surface area contributed by atoms with Crippen LogP contribution in [0.3, 0.4) is 0 Å². The third-order valence-corrected chi connectivity index (χ3v) is 4.30. The summed E-state index contributed by atoms with van der Waals surface area (Å²) < 4.78 is 0. The zero-order valence-corrected chi connectivity index (χ0v) is 12.9. The average Bonchev–Trinajstić information content (AvgIpc) is 3.01. The van der Waals surface area contributed by atoms with Crippen LogP contribution < -0.4 is 10.6 Å². The summed E-state index contributed by atoms with van der Waals surface area (Å²) in [5, 5.41) is 16.1. The number of thiocyanates is 1. The van der Waals surface area contributed by atoms with Gasteiger partial charge in [-0.05, 0) is 61.7 Å². The molecule has 1 aliphatic carbocycles. The van der Waals surface area contributed by atoms with Crippen molar-refractivity contribution in [1.82, 2.24) is 5.32 Å². The van der Waals surface area contributed by atoms with Gasteiger partial charge in [0, 0.05) is 16.8 Å². The smallest absolute Gasteiger partial charge is 0.314 e. The topological polar surface area (TPSA) is 64.9 Å². The number of nitriles is 1. The molecule has 0 atom stereocenters. The minimum absolute atomic E-state index is 0.243. The lowest BCUT2D eigenvalue weighted by Crippen LogP contribution is -2.24. The highest BCUT2D eigenvalue weighted by Crippen LogP contribution is 2.30. The number of nitrogens with zero attached hydrogens (tertiary/aromatic N) is 1. The number of rotatable bonds is 4. The van der Waals surface area contributed by atoms with Crippen LogP contribution in [0.15, 0.2) is 40.9 Å². The van der Waals surface area contributed by atoms with Crippen LogP contribution in [0.5, 0.6) is 0 Å². The lowest BCUT2D eigenvalue weighted by atomic mass is 10.0. The molecule has 5 heteroatoms. The molecule has 0 heterocycles. The molecule has 1 aliphatic rings. The molecule has 0 bridgehead atoms. The van der Waals surface area contributed by atoms with E-state index in [1.54, 1.807) is 12.1 Å². The highest BCUT2D eigenvalue weighted by molar-refractivity contribution is 8.03. The molecule has 110 valence electrons. The molecule has 1 fully saturated rings. The van der Waals surface area contributed by atoms with Gasteiger partial charge in [0.2, 0.25) is 0 Å². The van der Waals surface area contributed by atoms with E-state index >= 15 is 0 Å². The van der Waals surface area contributed by atoms with Crippen LogP contribution in [0.25, 0.3) is 0 Å². The maximum Gasteiger partial charge on any atom is 0.323 e. The second kappa shape index (κ2) is 7.75. The van der Waals surface area contributed by atoms with Gasteiger partial charge in [0.15, 0.2) is 0 Å². The van der Waals surface area contributed by atoms with Crippen molar-refractivity contribution in [1.29, 1.82) is 5.26 Å². The quantitative estimate of drug-likeness (QED) is 0.636. The number of hydrogen-bond donors (Lipinski definition) is 2. The SMILES string of the molecule is C/C(=C\NC(=O)Nc1ccc(SC#N)cc1)C1CCCC1. The first-order valence-corrected chi connectivity index (χ1v) is 7.91. The van der Waals surface area contributed by atoms with E-state index < -0.39 is 0 Å². The molecular formula is C16H19N3OS. The van der Waals surface area contributed by atoms with E-state index in [0.717, 1.165) is 16.7 Å². The summed E-state index contributed by atoms with van der Waals surface area (Å²) in [6, 6.07) is 6.94. The van der Waals surface area contributed by atoms with E-state index in [4.69, 9.17) is 5.26 Å². The van der Waals surface area contributed by atoms with Gasteiger partial charge in [-0.1, -0.05) is 18.4 Å². The van der Waals surface area contributed by atoms with Crippen molar-refractivity contribution in [2.45, 2.75) is 37.5 Å². The number of allylic oxidation sites excluding steroid dienone is 1. The summed E-state index contributed by atoms with van der Waals surface area (Å²) in [6.07, 6.45) is 6.84. The molecule has 0 aliphatic heterocycles. The van der Waals surface area contributed by atoms with Crippen LogP contribution in [0.1, 0.15) is 32.6 Å². The lowest BCUT2D eigenvalue weighted by molar-refractivity contribution is 0.255. The fourth-order valence-corrected chi connectivity index (χ4v) is 2.88. The molecule has 0 saturated heterocycles. The molecule has 0 aromatic heterocycles. The molecule has 2 N–H and O–H groups in total. The van der Waals surface area contributed by atoms with Gasteiger partial charge in [0.25, 0.3) is 0 Å². The van der Waals surface area contributed by atoms with Crippen LogP contribution in [0.2, 0.25) is 0 Å². The van der Waals surface area contributed by atoms with Gasteiger partial charge >= 0.3 is 6.03 Å². The summed E-state index contributed by atoms with van der Waals surface area (Å²) in [6.45, 7) is 2.07. The maximum absolute atomic E-state index is 11.8. The first-order valence-electron chi connectivity index (χ1n) is 7.09. The Morgan fingerprint density at radius 1 is 1.33 bits per heavy atom. The number of anilines is 1. The van der Waals surface area contributed by atoms with E-state index in [-0.39, 0.29) is 6.03 Å². The fourth-order valence-electron chi connectivity index (χ4n) is 2.50. The molecular weight excluding hydrogens is 282 g/mol. The molecule has 2 amide bonds. The molecule has 0 spiro atoms. The second-order valence-electron chi connectivity index (χ2n) is 5.19. The Balaban J connectivity index is 1.83. The van der Waals surface area contributed by atoms with Crippen LogP contribution in [0.4, 0.5) is 10.5 Å². The first-order chi connectivity index (χ1) is 10.2. The zero-order valence-electron chi connectivity index (χ0n) is 12.1. The standard InChI is InChI=1S/C16H19N3OS/c1-12(13-4-2-3-5-13)10-18-16(20)19-14-6-8-15(9-7-14)21-11-17/h6-10,13H,2-5H2,1H3,(H2,18,19,20)/b12-10+. The summed E-state index contributed by atoms with van der Waals surface area (Å²) in [5.74, 6) is 0.618. The van der Waals surface area contributed by atoms with Gasteiger partial charge in [-0.25, -0.2) is 4.79 Å². The molecule has 4 nitrogen and oxygen atoms in total. The fraction of sp³-hybridized carbons (Fsp3) is 0.375. The van der Waals surface area contributed by atoms with Crippen molar-refractivity contribution in [3.05, 3.63) is 36.0 Å². The van der Waals surface area contributed by atoms with Crippen molar-refractivity contribution >= 4 is 23.5 Å². The number of amides is 2. The summed E-state index contributed by atoms with van der Waals surface area (Å²) >= 11 is 1.10. The Hall–Kier alpha value is -1.93. The van der Waals surface area contributed by atoms with Gasteiger partial charge in [0.1, 0.15) is 5.40 Å². The average molecular weight is 301 g/mol. The number of urea groups is 1. The number of hydrogen-bond acceptors (Lipinski definition) is 3. The predicted molar refractivity (Wildman–Crippen MR) is 85.8 cm³/mol. The van der Waals surface area contributed by atoms with Crippen molar-refractivity contribution in [3.63, 3.8) is 0 Å². The molecule has 0 unspecified atom stereocenters. The van der Waals surface area contributed by atoms with E-state index in [1.165, 1.54) is 31.3 Å². The molecule has 21 heavy (non-hydrogen) atoms. The number of benzene rings is 1. The summed E-state index contributed by atoms with van der Waals surface area (Å²) in [4.78, 5) is 12.7. The zero-order chi connectivity index (χ0) is 15.1. The third-order valence-electron chi connectivity index (χ3n) is 3.71. The van der Waals surface area contributed by atoms with Crippen LogP contribution >= 0.6 is 11.8 Å². The molecule has 1 aromatic rings. The van der Waals surface area contributed by atoms with Gasteiger partial charge in [-0.2, -0.15) is 5.26 Å². The highest BCUT2D eigenvalue weighted by atomic mass is 32.2. The summed E-state index contributed by atoms with van der Waals surface area (Å²) in [7, 11) is 0. The van der Waals surface area contributed by atoms with E-state index in [9.17, 15) is 4.79 Å². The minimum atomic E-state index is -0.243. The van der Waals surface area contributed by atoms with Crippen molar-refractivity contribution in [3.8, 4) is 5.40 Å². The normalized spacial score (nSPS) is 15.5. The Morgan fingerprint density at radius 2 is 2.00 bits per heavy atom. The minimum Gasteiger partial charge on any atom is -0.314 e. The predicted octanol–water partition coefficient (Wildman–Crippen LogP) is 4.48. The number of thioether (sulfide) groups is 1. The Morgan fingerprint density at radius 3 is 2.62 bits per heavy atom. The molecule has 1 saturated carbocycles. The van der Waals surface area contributed by atoms with Crippen LogP contribution in [-0.2, 0) is 0 Å². The Bertz CT molecular complexity index is 554. The monoisotopic (exact) mass is 301 g/mol. The molecule has 0 radical (unpaired) electrons. The molecule has 1 aromatic carbocycles. The van der Waals surface area contributed by atoms with E-state index in [2.05, 4.69) is 17.6 Å². The van der Waals surface area contributed by atoms with E-state index in [1.807, 2.05) is 23.7 Å². The van der Waals surface area contributed by atoms with Crippen molar-refractivity contribution < 1.29 is 4.79 Å². The third kappa shape index (κ3) is 4.83. The van der Waals surface area contributed by atoms with Gasteiger partial charge < -0.3 is 10.6 Å². The number of nitrogens with one attached hydrogen (secondary N) is 2. The molecule has 2 rings (SSSR count). The van der Waals surface area contributed by atoms with Crippen LogP contribution in [0, 0.1) is 16.6 Å². The van der Waals surface area contributed by atoms with Gasteiger partial charge in [-0.15, -0.1) is 0 Å². The van der Waals surface area contributed by atoms with Gasteiger partial charge in [0.05, 0.1) is 0 Å². The first kappa shape index (κ1) is 15.5. The van der Waals surface area contributed by atoms with Gasteiger partial charge in [-0.3, -0.25) is 0 Å². The van der Waals surface area contributed by atoms with Crippen molar-refractivity contribution in [2.24, 2.45) is 5.92 Å². The number of carbonyl (C=O) groups is 1. The largest absolute Gasteiger partial charge is 0.323 e. The summed E-state index contributed by atoms with van der Waals surface area (Å²) in [5.41, 5.74) is 1.95. The van der Waals surface area contributed by atoms with Crippen LogP contribution in [-0.4, -0.2) is 6.03 Å². The lowest BCUT2D eigenvalue weighted by Gasteiger charge is -2.10. The van der Waals surface area contributed by atoms with Crippen molar-refractivity contribution in [2.75, 3.05) is 5.32 Å². The number of carbonyl (C=O) groups excluding carboxylic acids is 1. The maximum atomic E-state index is 11.8.